The number of carbonyl (C=O) groups excluding carboxylic acids is 1. The number of halogens is 1. The number of hydrogen-bond donors (Lipinski definition) is 1. The molecule has 1 amide bonds. The predicted octanol–water partition coefficient (Wildman–Crippen LogP) is 4.03. The van der Waals surface area contributed by atoms with Crippen molar-refractivity contribution in [2.75, 3.05) is 38.7 Å². The van der Waals surface area contributed by atoms with E-state index in [-0.39, 0.29) is 18.7 Å². The summed E-state index contributed by atoms with van der Waals surface area (Å²) in [4.78, 5) is 14.7. The highest BCUT2D eigenvalue weighted by Gasteiger charge is 2.37. The number of likely N-dealkylation sites (tertiary alicyclic amines) is 1. The van der Waals surface area contributed by atoms with E-state index in [1.54, 1.807) is 36.3 Å². The number of carbonyl (C=O) groups is 1. The molecular weight excluding hydrogens is 369 g/mol. The minimum atomic E-state index is -1.47. The highest BCUT2D eigenvalue weighted by atomic mass is 19.1. The number of aryl methyl sites for hydroxylation is 1. The van der Waals surface area contributed by atoms with Crippen LogP contribution in [0.5, 0.6) is 0 Å². The number of amides is 1. The molecular formula is C23H26FN3O2. The zero-order valence-electron chi connectivity index (χ0n) is 16.9. The first-order valence-electron chi connectivity index (χ1n) is 9.79. The Labute approximate surface area is 171 Å². The summed E-state index contributed by atoms with van der Waals surface area (Å²) < 4.78 is 20.5. The molecule has 1 fully saturated rings. The molecule has 0 aromatic heterocycles. The molecule has 5 nitrogen and oxygen atoms in total. The molecule has 0 bridgehead atoms. The summed E-state index contributed by atoms with van der Waals surface area (Å²) >= 11 is 0. The number of hydrogen-bond acceptors (Lipinski definition) is 4. The molecule has 29 heavy (non-hydrogen) atoms. The number of benzene rings is 2. The molecule has 152 valence electrons. The van der Waals surface area contributed by atoms with Crippen molar-refractivity contribution in [1.82, 2.24) is 4.90 Å². The van der Waals surface area contributed by atoms with Gasteiger partial charge in [0.2, 0.25) is 0 Å². The molecule has 1 aliphatic heterocycles. The highest BCUT2D eigenvalue weighted by molar-refractivity contribution is 5.95. The molecule has 2 aromatic carbocycles. The van der Waals surface area contributed by atoms with Crippen LogP contribution < -0.4 is 5.32 Å². The Kier molecular flexibility index (Phi) is 6.50. The summed E-state index contributed by atoms with van der Waals surface area (Å²) in [7, 11) is 1.65. The van der Waals surface area contributed by atoms with E-state index < -0.39 is 5.67 Å². The third-order valence-electron chi connectivity index (χ3n) is 5.48. The van der Waals surface area contributed by atoms with Gasteiger partial charge in [0.05, 0.1) is 18.2 Å². The number of anilines is 1. The van der Waals surface area contributed by atoms with Crippen molar-refractivity contribution in [2.24, 2.45) is 0 Å². The lowest BCUT2D eigenvalue weighted by Gasteiger charge is -2.37. The van der Waals surface area contributed by atoms with E-state index in [4.69, 9.17) is 10.00 Å². The summed E-state index contributed by atoms with van der Waals surface area (Å²) in [6.07, 6.45) is 0.491. The molecule has 0 spiro atoms. The minimum absolute atomic E-state index is 0.0818. The van der Waals surface area contributed by atoms with Crippen LogP contribution in [0.1, 0.15) is 39.9 Å². The fourth-order valence-corrected chi connectivity index (χ4v) is 3.61. The van der Waals surface area contributed by atoms with Gasteiger partial charge in [-0.3, -0.25) is 4.79 Å². The molecule has 6 heteroatoms. The van der Waals surface area contributed by atoms with E-state index in [2.05, 4.69) is 5.32 Å². The molecule has 1 heterocycles. The van der Waals surface area contributed by atoms with Crippen LogP contribution in [0.3, 0.4) is 0 Å². The fraction of sp³-hybridized carbons (Fsp3) is 0.391. The fourth-order valence-electron chi connectivity index (χ4n) is 3.61. The maximum Gasteiger partial charge on any atom is 0.253 e. The smallest absolute Gasteiger partial charge is 0.253 e. The van der Waals surface area contributed by atoms with Crippen LogP contribution in [0.4, 0.5) is 10.1 Å². The van der Waals surface area contributed by atoms with Crippen molar-refractivity contribution < 1.29 is 13.9 Å². The van der Waals surface area contributed by atoms with Gasteiger partial charge < -0.3 is 15.0 Å². The standard InChI is InChI=1S/C23H26FN3O2/c1-17-3-6-19(15-21(17)26-11-14-29-2)22(28)27-12-9-23(24,10-13-27)20-7-4-18(16-25)5-8-20/h3-8,15,26H,9-14H2,1-2H3. The lowest BCUT2D eigenvalue weighted by molar-refractivity contribution is 0.0421. The first kappa shape index (κ1) is 20.8. The molecule has 0 radical (unpaired) electrons. The summed E-state index contributed by atoms with van der Waals surface area (Å²) in [6.45, 7) is 3.94. The van der Waals surface area contributed by atoms with Gasteiger partial charge in [-0.15, -0.1) is 0 Å². The van der Waals surface area contributed by atoms with Crippen LogP contribution in [0.2, 0.25) is 0 Å². The van der Waals surface area contributed by atoms with Crippen LogP contribution in [0, 0.1) is 18.3 Å². The number of alkyl halides is 1. The molecule has 1 N–H and O–H groups in total. The molecule has 1 aliphatic rings. The Hall–Kier alpha value is -2.91. The summed E-state index contributed by atoms with van der Waals surface area (Å²) in [5, 5.41) is 12.2. The lowest BCUT2D eigenvalue weighted by atomic mass is 9.85. The monoisotopic (exact) mass is 395 g/mol. The van der Waals surface area contributed by atoms with Crippen molar-refractivity contribution in [2.45, 2.75) is 25.4 Å². The van der Waals surface area contributed by atoms with E-state index in [1.165, 1.54) is 0 Å². The normalized spacial score (nSPS) is 15.6. The molecule has 1 saturated heterocycles. The number of methoxy groups -OCH3 is 1. The van der Waals surface area contributed by atoms with E-state index in [1.807, 2.05) is 31.2 Å². The van der Waals surface area contributed by atoms with Gasteiger partial charge in [-0.05, 0) is 42.3 Å². The molecule has 0 aliphatic carbocycles. The maximum atomic E-state index is 15.4. The van der Waals surface area contributed by atoms with Gasteiger partial charge in [-0.2, -0.15) is 5.26 Å². The van der Waals surface area contributed by atoms with Crippen molar-refractivity contribution in [3.05, 3.63) is 64.7 Å². The minimum Gasteiger partial charge on any atom is -0.383 e. The van der Waals surface area contributed by atoms with Gasteiger partial charge in [0, 0.05) is 50.8 Å². The molecule has 2 aromatic rings. The Morgan fingerprint density at radius 1 is 1.24 bits per heavy atom. The van der Waals surface area contributed by atoms with E-state index in [0.717, 1.165) is 11.3 Å². The zero-order chi connectivity index (χ0) is 20.9. The lowest BCUT2D eigenvalue weighted by Crippen LogP contribution is -2.43. The Bertz CT molecular complexity index is 897. The van der Waals surface area contributed by atoms with Gasteiger partial charge in [0.15, 0.2) is 0 Å². The summed E-state index contributed by atoms with van der Waals surface area (Å²) in [5.41, 5.74) is 2.18. The number of nitriles is 1. The summed E-state index contributed by atoms with van der Waals surface area (Å²) in [6, 6.07) is 14.3. The highest BCUT2D eigenvalue weighted by Crippen LogP contribution is 2.37. The van der Waals surface area contributed by atoms with Gasteiger partial charge >= 0.3 is 0 Å². The van der Waals surface area contributed by atoms with Crippen molar-refractivity contribution in [3.63, 3.8) is 0 Å². The van der Waals surface area contributed by atoms with Gasteiger partial charge in [-0.1, -0.05) is 18.2 Å². The SMILES string of the molecule is COCCNc1cc(C(=O)N2CCC(F)(c3ccc(C#N)cc3)CC2)ccc1C. The van der Waals surface area contributed by atoms with Crippen molar-refractivity contribution in [3.8, 4) is 6.07 Å². The van der Waals surface area contributed by atoms with Crippen LogP contribution in [-0.4, -0.2) is 44.2 Å². The van der Waals surface area contributed by atoms with Crippen LogP contribution >= 0.6 is 0 Å². The number of piperidine rings is 1. The van der Waals surface area contributed by atoms with Gasteiger partial charge in [0.25, 0.3) is 5.91 Å². The molecule has 0 saturated carbocycles. The third-order valence-corrected chi connectivity index (χ3v) is 5.48. The number of nitrogens with one attached hydrogen (secondary N) is 1. The van der Waals surface area contributed by atoms with E-state index >= 15 is 4.39 Å². The average Bonchev–Trinajstić information content (AvgIpc) is 2.75. The molecule has 3 rings (SSSR count). The first-order valence-corrected chi connectivity index (χ1v) is 9.79. The van der Waals surface area contributed by atoms with E-state index in [0.29, 0.717) is 42.9 Å². The second-order valence-corrected chi connectivity index (χ2v) is 7.40. The second kappa shape index (κ2) is 9.06. The summed E-state index contributed by atoms with van der Waals surface area (Å²) in [5.74, 6) is -0.0818. The van der Waals surface area contributed by atoms with Gasteiger partial charge in [-0.25, -0.2) is 4.39 Å². The predicted molar refractivity (Wildman–Crippen MR) is 111 cm³/mol. The Morgan fingerprint density at radius 3 is 2.55 bits per heavy atom. The number of nitrogens with zero attached hydrogens (tertiary/aromatic N) is 2. The maximum absolute atomic E-state index is 15.4. The number of ether oxygens (including phenoxy) is 1. The Morgan fingerprint density at radius 2 is 1.93 bits per heavy atom. The van der Waals surface area contributed by atoms with Crippen molar-refractivity contribution >= 4 is 11.6 Å². The first-order chi connectivity index (χ1) is 14.0. The van der Waals surface area contributed by atoms with Crippen LogP contribution in [0.25, 0.3) is 0 Å². The molecule has 0 atom stereocenters. The average molecular weight is 395 g/mol. The van der Waals surface area contributed by atoms with Gasteiger partial charge in [0.1, 0.15) is 5.67 Å². The van der Waals surface area contributed by atoms with E-state index in [9.17, 15) is 4.79 Å². The largest absolute Gasteiger partial charge is 0.383 e. The Balaban J connectivity index is 1.66. The zero-order valence-corrected chi connectivity index (χ0v) is 16.9. The van der Waals surface area contributed by atoms with Crippen molar-refractivity contribution in [1.29, 1.82) is 5.26 Å². The number of rotatable bonds is 6. The second-order valence-electron chi connectivity index (χ2n) is 7.40. The van der Waals surface area contributed by atoms with Crippen LogP contribution in [-0.2, 0) is 10.4 Å². The topological polar surface area (TPSA) is 65.4 Å². The van der Waals surface area contributed by atoms with Crippen LogP contribution in [0.15, 0.2) is 42.5 Å². The molecule has 0 unspecified atom stereocenters. The third kappa shape index (κ3) is 4.75. The quantitative estimate of drug-likeness (QED) is 0.750.